The molecule has 2 aromatic rings. The van der Waals surface area contributed by atoms with Gasteiger partial charge in [-0.25, -0.2) is 13.2 Å². The van der Waals surface area contributed by atoms with Gasteiger partial charge in [0.15, 0.2) is 8.32 Å². The third-order valence-corrected chi connectivity index (χ3v) is 15.5. The van der Waals surface area contributed by atoms with Gasteiger partial charge in [-0.1, -0.05) is 91.8 Å². The Kier molecular flexibility index (Phi) is 15.1. The molecule has 0 aromatic heterocycles. The number of carbonyl (C=O) groups excluding carboxylic acids is 3. The van der Waals surface area contributed by atoms with Gasteiger partial charge in [-0.2, -0.15) is 0 Å². The van der Waals surface area contributed by atoms with E-state index in [9.17, 15) is 22.8 Å². The molecular formula is C37H59N3O7SSi. The fourth-order valence-corrected chi connectivity index (χ4v) is 7.79. The van der Waals surface area contributed by atoms with Crippen LogP contribution in [0.3, 0.4) is 0 Å². The number of carbonyl (C=O) groups is 3. The number of benzene rings is 2. The van der Waals surface area contributed by atoms with Crippen molar-refractivity contribution in [2.45, 2.75) is 110 Å². The van der Waals surface area contributed by atoms with Crippen LogP contribution in [0.4, 0.5) is 5.69 Å². The van der Waals surface area contributed by atoms with Crippen LogP contribution in [0.2, 0.25) is 18.1 Å². The summed E-state index contributed by atoms with van der Waals surface area (Å²) in [5.41, 5.74) is 1.34. The number of hydrogen-bond acceptors (Lipinski definition) is 7. The summed E-state index contributed by atoms with van der Waals surface area (Å²) in [6.45, 7) is 20.3. The molecule has 0 saturated carbocycles. The van der Waals surface area contributed by atoms with Gasteiger partial charge in [0.2, 0.25) is 15.9 Å². The molecule has 49 heavy (non-hydrogen) atoms. The van der Waals surface area contributed by atoms with Gasteiger partial charge in [0, 0.05) is 18.5 Å². The predicted octanol–water partition coefficient (Wildman–Crippen LogP) is 6.53. The quantitative estimate of drug-likeness (QED) is 0.141. The summed E-state index contributed by atoms with van der Waals surface area (Å²) in [5.74, 6) is -1.87. The highest BCUT2D eigenvalue weighted by molar-refractivity contribution is 7.92. The van der Waals surface area contributed by atoms with Gasteiger partial charge in [0.05, 0.1) is 30.7 Å². The van der Waals surface area contributed by atoms with E-state index in [1.807, 2.05) is 19.9 Å². The van der Waals surface area contributed by atoms with Crippen LogP contribution in [0, 0.1) is 17.8 Å². The first kappa shape index (κ1) is 41.9. The van der Waals surface area contributed by atoms with Gasteiger partial charge >= 0.3 is 5.97 Å². The molecule has 0 saturated heterocycles. The molecule has 0 aliphatic heterocycles. The minimum Gasteiger partial charge on any atom is -0.467 e. The minimum atomic E-state index is -3.72. The molecule has 0 bridgehead atoms. The topological polar surface area (TPSA) is 131 Å². The molecule has 0 radical (unpaired) electrons. The van der Waals surface area contributed by atoms with Crippen LogP contribution in [0.1, 0.15) is 84.2 Å². The Balaban J connectivity index is 2.42. The van der Waals surface area contributed by atoms with Gasteiger partial charge in [-0.3, -0.25) is 13.9 Å². The Hall–Kier alpha value is -3.22. The molecule has 10 nitrogen and oxygen atoms in total. The number of nitrogens with one attached hydrogen (secondary N) is 2. The predicted molar refractivity (Wildman–Crippen MR) is 199 cm³/mol. The highest BCUT2D eigenvalue weighted by Gasteiger charge is 2.42. The molecule has 4 atom stereocenters. The zero-order chi connectivity index (χ0) is 37.3. The molecule has 12 heteroatoms. The van der Waals surface area contributed by atoms with Crippen LogP contribution >= 0.6 is 0 Å². The Labute approximate surface area is 295 Å². The zero-order valence-corrected chi connectivity index (χ0v) is 33.3. The maximum atomic E-state index is 13.9. The lowest BCUT2D eigenvalue weighted by atomic mass is 9.91. The SMILES string of the molecule is COC(=O)[C@@H](NC(=O)[C@H](C)C[C@H](O[Si](C)(C)C(C)(C)C)[C@H](CC(C)C)NC(=O)c1cccc(N(C)S(=O)(=O)Cc2ccccc2)c1)C(C)C. The lowest BCUT2D eigenvalue weighted by molar-refractivity contribution is -0.147. The van der Waals surface area contributed by atoms with Crippen molar-refractivity contribution in [1.82, 2.24) is 10.6 Å². The van der Waals surface area contributed by atoms with E-state index < -0.39 is 48.4 Å². The molecule has 2 N–H and O–H groups in total. The van der Waals surface area contributed by atoms with Crippen LogP contribution in [0.5, 0.6) is 0 Å². The van der Waals surface area contributed by atoms with Crippen molar-refractivity contribution in [2.24, 2.45) is 17.8 Å². The zero-order valence-electron chi connectivity index (χ0n) is 31.5. The first-order chi connectivity index (χ1) is 22.6. The molecule has 0 aliphatic rings. The van der Waals surface area contributed by atoms with Crippen LogP contribution in [-0.4, -0.2) is 66.9 Å². The number of methoxy groups -OCH3 is 1. The summed E-state index contributed by atoms with van der Waals surface area (Å²) in [7, 11) is -3.33. The number of sulfonamides is 1. The standard InChI is InChI=1S/C37H59N3O7SSi/c1-25(2)21-31(32(47-49(11,12)37(6,7)8)22-27(5)34(41)39-33(26(3)4)36(43)46-10)38-35(42)29-19-16-20-30(23-29)40(9)48(44,45)24-28-17-14-13-15-18-28/h13-20,23,25-27,31-33H,21-22,24H2,1-12H3,(H,38,42)(H,39,41)/t27-,31+,32+,33+/m1/s1. The molecule has 274 valence electrons. The number of amides is 2. The van der Waals surface area contributed by atoms with Crippen LogP contribution in [0.15, 0.2) is 54.6 Å². The van der Waals surface area contributed by atoms with Crippen molar-refractivity contribution >= 4 is 41.8 Å². The first-order valence-electron chi connectivity index (χ1n) is 17.1. The smallest absolute Gasteiger partial charge is 0.328 e. The van der Waals surface area contributed by atoms with Gasteiger partial charge in [0.25, 0.3) is 5.91 Å². The third kappa shape index (κ3) is 12.3. The molecule has 0 unspecified atom stereocenters. The summed E-state index contributed by atoms with van der Waals surface area (Å²) in [6.07, 6.45) is 0.379. The molecule has 2 aromatic carbocycles. The second-order valence-electron chi connectivity index (χ2n) is 15.3. The van der Waals surface area contributed by atoms with E-state index in [0.29, 0.717) is 29.7 Å². The normalized spacial score (nSPS) is 14.9. The van der Waals surface area contributed by atoms with Crippen molar-refractivity contribution in [3.8, 4) is 0 Å². The highest BCUT2D eigenvalue weighted by Crippen LogP contribution is 2.39. The van der Waals surface area contributed by atoms with E-state index >= 15 is 0 Å². The third-order valence-electron chi connectivity index (χ3n) is 9.28. The monoisotopic (exact) mass is 717 g/mol. The van der Waals surface area contributed by atoms with Crippen LogP contribution < -0.4 is 14.9 Å². The number of anilines is 1. The second kappa shape index (κ2) is 17.6. The van der Waals surface area contributed by atoms with Crippen molar-refractivity contribution in [2.75, 3.05) is 18.5 Å². The second-order valence-corrected chi connectivity index (χ2v) is 22.0. The van der Waals surface area contributed by atoms with E-state index in [-0.39, 0.29) is 34.4 Å². The van der Waals surface area contributed by atoms with Gasteiger partial charge in [-0.05, 0) is 66.6 Å². The molecule has 2 amide bonds. The number of esters is 1. The molecule has 0 heterocycles. The number of nitrogens with zero attached hydrogens (tertiary/aromatic N) is 1. The van der Waals surface area contributed by atoms with E-state index in [0.717, 1.165) is 0 Å². The van der Waals surface area contributed by atoms with E-state index in [4.69, 9.17) is 9.16 Å². The molecule has 0 aliphatic carbocycles. The van der Waals surface area contributed by atoms with Crippen molar-refractivity contribution in [1.29, 1.82) is 0 Å². The van der Waals surface area contributed by atoms with Crippen LogP contribution in [-0.2, 0) is 34.5 Å². The summed E-state index contributed by atoms with van der Waals surface area (Å²) in [6, 6.07) is 14.3. The fraction of sp³-hybridized carbons (Fsp3) is 0.595. The van der Waals surface area contributed by atoms with Crippen molar-refractivity contribution in [3.05, 3.63) is 65.7 Å². The Morgan fingerprint density at radius 3 is 2.04 bits per heavy atom. The van der Waals surface area contributed by atoms with Gasteiger partial charge in [-0.15, -0.1) is 0 Å². The molecule has 0 spiro atoms. The average molecular weight is 718 g/mol. The number of ether oxygens (including phenoxy) is 1. The van der Waals surface area contributed by atoms with Gasteiger partial charge in [0.1, 0.15) is 6.04 Å². The Morgan fingerprint density at radius 1 is 0.898 bits per heavy atom. The van der Waals surface area contributed by atoms with Crippen molar-refractivity contribution < 1.29 is 32.0 Å². The van der Waals surface area contributed by atoms with E-state index in [2.05, 4.69) is 58.3 Å². The Morgan fingerprint density at radius 2 is 1.51 bits per heavy atom. The lowest BCUT2D eigenvalue weighted by Gasteiger charge is -2.42. The van der Waals surface area contributed by atoms with Crippen LogP contribution in [0.25, 0.3) is 0 Å². The minimum absolute atomic E-state index is 0.138. The molecular weight excluding hydrogens is 659 g/mol. The Bertz CT molecular complexity index is 1510. The largest absolute Gasteiger partial charge is 0.467 e. The summed E-state index contributed by atoms with van der Waals surface area (Å²) >= 11 is 0. The summed E-state index contributed by atoms with van der Waals surface area (Å²) in [4.78, 5) is 39.8. The van der Waals surface area contributed by atoms with Crippen molar-refractivity contribution in [3.63, 3.8) is 0 Å². The number of hydrogen-bond donors (Lipinski definition) is 2. The first-order valence-corrected chi connectivity index (χ1v) is 21.6. The summed E-state index contributed by atoms with van der Waals surface area (Å²) < 4.78 is 39.6. The molecule has 0 fully saturated rings. The summed E-state index contributed by atoms with van der Waals surface area (Å²) in [5, 5.41) is 5.92. The maximum absolute atomic E-state index is 13.9. The lowest BCUT2D eigenvalue weighted by Crippen LogP contribution is -2.54. The average Bonchev–Trinajstić information content (AvgIpc) is 3.01. The fourth-order valence-electron chi connectivity index (χ4n) is 5.17. The maximum Gasteiger partial charge on any atom is 0.328 e. The molecule has 2 rings (SSSR count). The van der Waals surface area contributed by atoms with E-state index in [1.54, 1.807) is 55.5 Å². The highest BCUT2D eigenvalue weighted by atomic mass is 32.2. The number of rotatable bonds is 17. The van der Waals surface area contributed by atoms with Gasteiger partial charge < -0.3 is 19.8 Å². The van der Waals surface area contributed by atoms with E-state index in [1.165, 1.54) is 18.5 Å².